The summed E-state index contributed by atoms with van der Waals surface area (Å²) in [6, 6.07) is 20.6. The normalized spacial score (nSPS) is 16.4. The van der Waals surface area contributed by atoms with Crippen molar-refractivity contribution in [2.45, 2.75) is 25.4 Å². The summed E-state index contributed by atoms with van der Waals surface area (Å²) in [5.41, 5.74) is 4.05. The SMILES string of the molecule is CCc1ccc(N[C@@H]2NC(=O)/C(=C/c3ccc(OCc4ccc(C(=O)O)cc4)c(I)c3)S2)cc1. The number of thioether (sulfide) groups is 1. The minimum atomic E-state index is -0.950. The summed E-state index contributed by atoms with van der Waals surface area (Å²) in [6.07, 6.45) is 2.86. The van der Waals surface area contributed by atoms with Crippen LogP contribution in [0.15, 0.2) is 71.6 Å². The largest absolute Gasteiger partial charge is 0.488 e. The summed E-state index contributed by atoms with van der Waals surface area (Å²) in [7, 11) is 0. The molecule has 3 aromatic carbocycles. The zero-order valence-electron chi connectivity index (χ0n) is 18.4. The van der Waals surface area contributed by atoms with E-state index in [-0.39, 0.29) is 17.0 Å². The van der Waals surface area contributed by atoms with Crippen molar-refractivity contribution in [2.24, 2.45) is 0 Å². The Morgan fingerprint density at radius 1 is 1.12 bits per heavy atom. The average Bonchev–Trinajstić information content (AvgIpc) is 3.17. The molecule has 0 bridgehead atoms. The molecule has 0 spiro atoms. The van der Waals surface area contributed by atoms with E-state index in [0.29, 0.717) is 11.5 Å². The van der Waals surface area contributed by atoms with Crippen LogP contribution in [0, 0.1) is 3.57 Å². The molecule has 1 saturated heterocycles. The highest BCUT2D eigenvalue weighted by molar-refractivity contribution is 14.1. The summed E-state index contributed by atoms with van der Waals surface area (Å²) in [6.45, 7) is 2.45. The number of carbonyl (C=O) groups excluding carboxylic acids is 1. The maximum Gasteiger partial charge on any atom is 0.335 e. The number of nitrogens with one attached hydrogen (secondary N) is 2. The lowest BCUT2D eigenvalue weighted by Gasteiger charge is -2.12. The second kappa shape index (κ2) is 11.0. The molecule has 174 valence electrons. The molecule has 0 radical (unpaired) electrons. The van der Waals surface area contributed by atoms with Crippen molar-refractivity contribution in [3.63, 3.8) is 0 Å². The standard InChI is InChI=1S/C26H23IN2O4S/c1-2-16-5-10-20(11-6-16)28-26-29-24(30)23(34-26)14-18-7-12-22(21(27)13-18)33-15-17-3-8-19(9-4-17)25(31)32/h3-14,26,28H,2,15H2,1H3,(H,29,30)(H,31,32)/b23-14-/t26-/m1/s1. The first kappa shape index (κ1) is 24.2. The molecule has 3 N–H and O–H groups in total. The quantitative estimate of drug-likeness (QED) is 0.231. The summed E-state index contributed by atoms with van der Waals surface area (Å²) in [5, 5.41) is 15.3. The van der Waals surface area contributed by atoms with Crippen molar-refractivity contribution < 1.29 is 19.4 Å². The number of rotatable bonds is 8. The number of carboxylic acids is 1. The first-order chi connectivity index (χ1) is 16.4. The first-order valence-corrected chi connectivity index (χ1v) is 12.7. The van der Waals surface area contributed by atoms with Gasteiger partial charge in [0.2, 0.25) is 0 Å². The fourth-order valence-corrected chi connectivity index (χ4v) is 5.01. The molecule has 1 amide bonds. The van der Waals surface area contributed by atoms with Crippen LogP contribution in [0.25, 0.3) is 6.08 Å². The lowest BCUT2D eigenvalue weighted by molar-refractivity contribution is -0.116. The molecule has 0 unspecified atom stereocenters. The van der Waals surface area contributed by atoms with Crippen LogP contribution in [-0.2, 0) is 17.8 Å². The average molecular weight is 586 g/mol. The van der Waals surface area contributed by atoms with Gasteiger partial charge in [-0.2, -0.15) is 0 Å². The summed E-state index contributed by atoms with van der Waals surface area (Å²) >= 11 is 3.66. The number of halogens is 1. The van der Waals surface area contributed by atoms with E-state index in [9.17, 15) is 9.59 Å². The van der Waals surface area contributed by atoms with Gasteiger partial charge < -0.3 is 20.5 Å². The molecule has 0 aromatic heterocycles. The van der Waals surface area contributed by atoms with Gasteiger partial charge in [0.05, 0.1) is 14.0 Å². The Balaban J connectivity index is 1.37. The predicted octanol–water partition coefficient (Wildman–Crippen LogP) is 5.73. The number of carboxylic acid groups (broad SMARTS) is 1. The zero-order valence-corrected chi connectivity index (χ0v) is 21.4. The van der Waals surface area contributed by atoms with Gasteiger partial charge >= 0.3 is 5.97 Å². The molecule has 1 aliphatic heterocycles. The van der Waals surface area contributed by atoms with Crippen LogP contribution in [0.1, 0.15) is 34.0 Å². The third-order valence-electron chi connectivity index (χ3n) is 5.24. The molecule has 3 aromatic rings. The van der Waals surface area contributed by atoms with E-state index in [4.69, 9.17) is 9.84 Å². The Bertz CT molecular complexity index is 1230. The maximum absolute atomic E-state index is 12.5. The predicted molar refractivity (Wildman–Crippen MR) is 144 cm³/mol. The molecule has 1 atom stereocenters. The van der Waals surface area contributed by atoms with Crippen LogP contribution in [0.4, 0.5) is 5.69 Å². The van der Waals surface area contributed by atoms with E-state index in [2.05, 4.69) is 52.3 Å². The fraction of sp³-hybridized carbons (Fsp3) is 0.154. The molecule has 1 fully saturated rings. The van der Waals surface area contributed by atoms with Gasteiger partial charge in [-0.25, -0.2) is 4.79 Å². The Hall–Kier alpha value is -2.98. The number of aromatic carboxylic acids is 1. The van der Waals surface area contributed by atoms with Crippen LogP contribution in [0.3, 0.4) is 0 Å². The number of carbonyl (C=O) groups is 2. The molecule has 1 aliphatic rings. The minimum Gasteiger partial charge on any atom is -0.488 e. The number of hydrogen-bond donors (Lipinski definition) is 3. The van der Waals surface area contributed by atoms with E-state index < -0.39 is 5.97 Å². The third-order valence-corrected chi connectivity index (χ3v) is 7.11. The molecule has 0 saturated carbocycles. The van der Waals surface area contributed by atoms with E-state index in [1.165, 1.54) is 17.3 Å². The Labute approximate surface area is 215 Å². The molecule has 6 nitrogen and oxygen atoms in total. The van der Waals surface area contributed by atoms with Crippen molar-refractivity contribution in [2.75, 3.05) is 5.32 Å². The van der Waals surface area contributed by atoms with Crippen molar-refractivity contribution in [3.8, 4) is 5.75 Å². The number of hydrogen-bond acceptors (Lipinski definition) is 5. The second-order valence-electron chi connectivity index (χ2n) is 7.66. The summed E-state index contributed by atoms with van der Waals surface area (Å²) in [4.78, 5) is 24.1. The van der Waals surface area contributed by atoms with Gasteiger partial charge in [0.1, 0.15) is 12.4 Å². The fourth-order valence-electron chi connectivity index (χ4n) is 3.33. The highest BCUT2D eigenvalue weighted by Crippen LogP contribution is 2.31. The zero-order chi connectivity index (χ0) is 24.1. The van der Waals surface area contributed by atoms with E-state index in [1.807, 2.05) is 36.4 Å². The monoisotopic (exact) mass is 586 g/mol. The summed E-state index contributed by atoms with van der Waals surface area (Å²) in [5.74, 6) is -0.329. The molecule has 4 rings (SSSR count). The van der Waals surface area contributed by atoms with Gasteiger partial charge in [0.25, 0.3) is 5.91 Å². The minimum absolute atomic E-state index is 0.104. The number of benzene rings is 3. The van der Waals surface area contributed by atoms with Gasteiger partial charge in [-0.05, 0) is 88.2 Å². The third kappa shape index (κ3) is 6.12. The lowest BCUT2D eigenvalue weighted by Crippen LogP contribution is -2.30. The molecular weight excluding hydrogens is 563 g/mol. The van der Waals surface area contributed by atoms with Gasteiger partial charge in [0.15, 0.2) is 5.50 Å². The lowest BCUT2D eigenvalue weighted by atomic mass is 10.1. The number of anilines is 1. The molecule has 0 aliphatic carbocycles. The van der Waals surface area contributed by atoms with E-state index >= 15 is 0 Å². The molecule has 1 heterocycles. The van der Waals surface area contributed by atoms with Gasteiger partial charge in [-0.3, -0.25) is 4.79 Å². The van der Waals surface area contributed by atoms with Crippen LogP contribution < -0.4 is 15.4 Å². The second-order valence-corrected chi connectivity index (χ2v) is 9.96. The Morgan fingerprint density at radius 2 is 1.82 bits per heavy atom. The van der Waals surface area contributed by atoms with Gasteiger partial charge in [0, 0.05) is 5.69 Å². The van der Waals surface area contributed by atoms with Crippen LogP contribution in [0.5, 0.6) is 5.75 Å². The van der Waals surface area contributed by atoms with Crippen molar-refractivity contribution >= 4 is 58.0 Å². The van der Waals surface area contributed by atoms with Crippen LogP contribution in [-0.4, -0.2) is 22.5 Å². The smallest absolute Gasteiger partial charge is 0.335 e. The number of amides is 1. The van der Waals surface area contributed by atoms with Crippen molar-refractivity contribution in [1.82, 2.24) is 5.32 Å². The van der Waals surface area contributed by atoms with Gasteiger partial charge in [-0.1, -0.05) is 49.0 Å². The first-order valence-electron chi connectivity index (χ1n) is 10.7. The van der Waals surface area contributed by atoms with Gasteiger partial charge in [-0.15, -0.1) is 0 Å². The molecule has 34 heavy (non-hydrogen) atoms. The Morgan fingerprint density at radius 3 is 2.47 bits per heavy atom. The molecule has 8 heteroatoms. The van der Waals surface area contributed by atoms with Crippen molar-refractivity contribution in [1.29, 1.82) is 0 Å². The van der Waals surface area contributed by atoms with E-state index in [0.717, 1.165) is 32.6 Å². The molecular formula is C26H23IN2O4S. The maximum atomic E-state index is 12.5. The number of ether oxygens (including phenoxy) is 1. The highest BCUT2D eigenvalue weighted by atomic mass is 127. The Kier molecular flexibility index (Phi) is 7.79. The number of aryl methyl sites for hydroxylation is 1. The van der Waals surface area contributed by atoms with Crippen LogP contribution in [0.2, 0.25) is 0 Å². The van der Waals surface area contributed by atoms with E-state index in [1.54, 1.807) is 24.3 Å². The van der Waals surface area contributed by atoms with Crippen LogP contribution >= 0.6 is 34.4 Å². The highest BCUT2D eigenvalue weighted by Gasteiger charge is 2.27. The summed E-state index contributed by atoms with van der Waals surface area (Å²) < 4.78 is 6.82. The topological polar surface area (TPSA) is 87.7 Å². The van der Waals surface area contributed by atoms with Crippen molar-refractivity contribution in [3.05, 3.63) is 97.5 Å².